The Morgan fingerprint density at radius 2 is 0.862 bits per heavy atom. The van der Waals surface area contributed by atoms with Crippen LogP contribution in [0.1, 0.15) is 35.2 Å². The van der Waals surface area contributed by atoms with E-state index in [1.54, 1.807) is 6.20 Å². The van der Waals surface area contributed by atoms with Crippen LogP contribution >= 0.6 is 0 Å². The standard InChI is InChI=1S/C26H24N2O4.C19H18N2O4.CH4/c29-25(31-17-19-9-3-1-4-10-19)24(15-21-16-27-23-14-8-7-13-22(21)23)28-26(30)32-18-20-11-5-2-6-12-20;22-18(23)17(10-14-11-20-16-9-5-4-8-15(14)16)21-19(24)25-12-13-6-2-1-3-7-13;/h1-14,16,24,27H,15,17-18H2,(H,28,30);1-9,11,17,20H,10,12H2,(H,21,24)(H,22,23);1H4/t24-;17-;/m00./s1. The highest BCUT2D eigenvalue weighted by atomic mass is 16.6. The van der Waals surface area contributed by atoms with Gasteiger partial charge in [0, 0.05) is 47.0 Å². The summed E-state index contributed by atoms with van der Waals surface area (Å²) >= 11 is 0. The molecule has 7 aromatic rings. The molecule has 12 nitrogen and oxygen atoms in total. The van der Waals surface area contributed by atoms with Crippen molar-refractivity contribution >= 4 is 45.9 Å². The topological polar surface area (TPSA) is 172 Å². The number of aromatic amines is 2. The smallest absolute Gasteiger partial charge is 0.408 e. The summed E-state index contributed by atoms with van der Waals surface area (Å²) in [4.78, 5) is 55.0. The van der Waals surface area contributed by atoms with Gasteiger partial charge < -0.3 is 39.9 Å². The van der Waals surface area contributed by atoms with Gasteiger partial charge in [-0.1, -0.05) is 135 Å². The molecule has 0 spiro atoms. The molecule has 2 aromatic heterocycles. The zero-order valence-corrected chi connectivity index (χ0v) is 30.9. The number of rotatable bonds is 14. The SMILES string of the molecule is C.O=C(N[C@@H](Cc1c[nH]c2ccccc12)C(=O)O)OCc1ccccc1.O=C(N[C@@H](Cc1c[nH]c2ccccc12)C(=O)OCc1ccccc1)OCc1ccccc1. The van der Waals surface area contributed by atoms with Gasteiger partial charge in [-0.15, -0.1) is 0 Å². The Bertz CT molecular complexity index is 2380. The van der Waals surface area contributed by atoms with Crippen LogP contribution in [0.5, 0.6) is 0 Å². The molecule has 0 aliphatic heterocycles. The molecule has 12 heteroatoms. The van der Waals surface area contributed by atoms with Crippen LogP contribution in [0.2, 0.25) is 0 Å². The molecule has 0 aliphatic rings. The van der Waals surface area contributed by atoms with Gasteiger partial charge in [-0.25, -0.2) is 19.2 Å². The van der Waals surface area contributed by atoms with Gasteiger partial charge in [-0.2, -0.15) is 0 Å². The van der Waals surface area contributed by atoms with Gasteiger partial charge in [-0.3, -0.25) is 0 Å². The summed E-state index contributed by atoms with van der Waals surface area (Å²) in [5.41, 5.74) is 6.19. The molecule has 0 bridgehead atoms. The van der Waals surface area contributed by atoms with E-state index >= 15 is 0 Å². The number of benzene rings is 5. The summed E-state index contributed by atoms with van der Waals surface area (Å²) in [7, 11) is 0. The fourth-order valence-corrected chi connectivity index (χ4v) is 6.08. The van der Waals surface area contributed by atoms with Crippen molar-refractivity contribution in [2.75, 3.05) is 0 Å². The molecule has 0 radical (unpaired) electrons. The molecule has 0 fully saturated rings. The molecule has 0 saturated heterocycles. The van der Waals surface area contributed by atoms with E-state index in [1.807, 2.05) is 146 Å². The molecule has 2 amide bonds. The lowest BCUT2D eigenvalue weighted by atomic mass is 10.1. The lowest BCUT2D eigenvalue weighted by Gasteiger charge is -2.17. The number of nitrogens with one attached hydrogen (secondary N) is 4. The number of carbonyl (C=O) groups excluding carboxylic acids is 3. The average molecular weight is 783 g/mol. The fraction of sp³-hybridized carbons (Fsp3) is 0.174. The first-order chi connectivity index (χ1) is 27.8. The second-order valence-electron chi connectivity index (χ2n) is 13.1. The molecule has 5 aromatic carbocycles. The number of hydrogen-bond donors (Lipinski definition) is 5. The number of carboxylic acids is 1. The van der Waals surface area contributed by atoms with Crippen molar-refractivity contribution in [2.45, 2.75) is 52.2 Å². The van der Waals surface area contributed by atoms with Crippen molar-refractivity contribution in [3.05, 3.63) is 180 Å². The number of esters is 1. The van der Waals surface area contributed by atoms with Crippen LogP contribution in [0.15, 0.2) is 152 Å². The third-order valence-corrected chi connectivity index (χ3v) is 9.01. The van der Waals surface area contributed by atoms with Gasteiger partial charge in [0.1, 0.15) is 31.9 Å². The molecule has 0 unspecified atom stereocenters. The van der Waals surface area contributed by atoms with Crippen molar-refractivity contribution in [3.63, 3.8) is 0 Å². The number of aromatic nitrogens is 2. The van der Waals surface area contributed by atoms with Crippen LogP contribution in [0, 0.1) is 0 Å². The maximum absolute atomic E-state index is 12.9. The van der Waals surface area contributed by atoms with Crippen molar-refractivity contribution < 1.29 is 38.5 Å². The molecule has 298 valence electrons. The average Bonchev–Trinajstić information content (AvgIpc) is 3.86. The van der Waals surface area contributed by atoms with E-state index in [2.05, 4.69) is 20.6 Å². The lowest BCUT2D eigenvalue weighted by Crippen LogP contribution is -2.43. The summed E-state index contributed by atoms with van der Waals surface area (Å²) < 4.78 is 15.9. The number of para-hydroxylation sites is 2. The van der Waals surface area contributed by atoms with Gasteiger partial charge in [-0.05, 0) is 39.9 Å². The fourth-order valence-electron chi connectivity index (χ4n) is 6.08. The Labute approximate surface area is 336 Å². The van der Waals surface area contributed by atoms with Gasteiger partial charge in [0.15, 0.2) is 0 Å². The maximum Gasteiger partial charge on any atom is 0.408 e. The molecule has 0 saturated carbocycles. The Morgan fingerprint density at radius 3 is 1.29 bits per heavy atom. The lowest BCUT2D eigenvalue weighted by molar-refractivity contribution is -0.147. The quantitative estimate of drug-likeness (QED) is 0.0540. The summed E-state index contributed by atoms with van der Waals surface area (Å²) in [5.74, 6) is -1.63. The van der Waals surface area contributed by atoms with E-state index < -0.39 is 36.2 Å². The van der Waals surface area contributed by atoms with Crippen molar-refractivity contribution in [1.29, 1.82) is 0 Å². The summed E-state index contributed by atoms with van der Waals surface area (Å²) in [6.07, 6.45) is 2.63. The number of hydrogen-bond acceptors (Lipinski definition) is 7. The minimum Gasteiger partial charge on any atom is -0.480 e. The van der Waals surface area contributed by atoms with Gasteiger partial charge in [0.2, 0.25) is 0 Å². The molecule has 7 rings (SSSR count). The number of ether oxygens (including phenoxy) is 3. The molecule has 0 aliphatic carbocycles. The van der Waals surface area contributed by atoms with Crippen molar-refractivity contribution in [3.8, 4) is 0 Å². The number of aliphatic carboxylic acids is 1. The van der Waals surface area contributed by atoms with E-state index in [0.717, 1.165) is 49.6 Å². The normalized spacial score (nSPS) is 11.5. The number of carboxylic acid groups (broad SMARTS) is 1. The van der Waals surface area contributed by atoms with Gasteiger partial charge in [0.05, 0.1) is 0 Å². The first-order valence-corrected chi connectivity index (χ1v) is 18.3. The molecule has 2 atom stereocenters. The molecular formula is C46H46N4O8. The van der Waals surface area contributed by atoms with Gasteiger partial charge in [0.25, 0.3) is 0 Å². The summed E-state index contributed by atoms with van der Waals surface area (Å²) in [5, 5.41) is 16.4. The third kappa shape index (κ3) is 12.1. The first kappa shape index (κ1) is 41.8. The minimum atomic E-state index is -1.11. The highest BCUT2D eigenvalue weighted by molar-refractivity contribution is 5.87. The zero-order valence-electron chi connectivity index (χ0n) is 30.9. The second-order valence-corrected chi connectivity index (χ2v) is 13.1. The van der Waals surface area contributed by atoms with Crippen LogP contribution in [-0.4, -0.2) is 51.3 Å². The van der Waals surface area contributed by atoms with E-state index in [0.29, 0.717) is 0 Å². The summed E-state index contributed by atoms with van der Waals surface area (Å²) in [6, 6.07) is 41.4. The zero-order chi connectivity index (χ0) is 39.8. The highest BCUT2D eigenvalue weighted by Crippen LogP contribution is 2.21. The van der Waals surface area contributed by atoms with E-state index in [9.17, 15) is 24.3 Å². The van der Waals surface area contributed by atoms with Crippen LogP contribution in [0.3, 0.4) is 0 Å². The largest absolute Gasteiger partial charge is 0.480 e. The number of amides is 2. The van der Waals surface area contributed by atoms with E-state index in [1.165, 1.54) is 0 Å². The Hall–Kier alpha value is -7.34. The van der Waals surface area contributed by atoms with Crippen LogP contribution in [0.4, 0.5) is 9.59 Å². The van der Waals surface area contributed by atoms with Crippen molar-refractivity contribution in [1.82, 2.24) is 20.6 Å². The molecular weight excluding hydrogens is 737 g/mol. The minimum absolute atomic E-state index is 0. The second kappa shape index (κ2) is 21.1. The predicted octanol–water partition coefficient (Wildman–Crippen LogP) is 8.47. The number of alkyl carbamates (subject to hydrolysis) is 2. The van der Waals surface area contributed by atoms with Crippen LogP contribution in [-0.2, 0) is 56.5 Å². The third-order valence-electron chi connectivity index (χ3n) is 9.01. The monoisotopic (exact) mass is 782 g/mol. The Balaban J connectivity index is 0.000000224. The molecule has 58 heavy (non-hydrogen) atoms. The number of fused-ring (bicyclic) bond motifs is 2. The maximum atomic E-state index is 12.9. The number of H-pyrrole nitrogens is 2. The molecule has 2 heterocycles. The van der Waals surface area contributed by atoms with Gasteiger partial charge >= 0.3 is 24.1 Å². The van der Waals surface area contributed by atoms with Crippen LogP contribution in [0.25, 0.3) is 21.8 Å². The van der Waals surface area contributed by atoms with Crippen LogP contribution < -0.4 is 10.6 Å². The molecule has 5 N–H and O–H groups in total. The first-order valence-electron chi connectivity index (χ1n) is 18.3. The number of carbonyl (C=O) groups is 4. The Kier molecular flexibility index (Phi) is 15.2. The van der Waals surface area contributed by atoms with Crippen molar-refractivity contribution in [2.24, 2.45) is 0 Å². The highest BCUT2D eigenvalue weighted by Gasteiger charge is 2.25. The predicted molar refractivity (Wildman–Crippen MR) is 222 cm³/mol. The Morgan fingerprint density at radius 1 is 0.500 bits per heavy atom. The van der Waals surface area contributed by atoms with E-state index in [-0.39, 0.29) is 40.1 Å². The van der Waals surface area contributed by atoms with E-state index in [4.69, 9.17) is 14.2 Å². The summed E-state index contributed by atoms with van der Waals surface area (Å²) in [6.45, 7) is 0.336.